The number of benzene rings is 1. The number of imide groups is 1. The number of carbonyl (C=O) groups is 3. The van der Waals surface area contributed by atoms with E-state index in [1.807, 2.05) is 18.2 Å². The number of hydrogen-bond donors (Lipinski definition) is 3. The van der Waals surface area contributed by atoms with Crippen LogP contribution in [-0.2, 0) is 22.7 Å². The van der Waals surface area contributed by atoms with Crippen molar-refractivity contribution < 1.29 is 14.4 Å². The van der Waals surface area contributed by atoms with Gasteiger partial charge in [-0.05, 0) is 61.4 Å². The molecule has 7 heteroatoms. The molecule has 1 aromatic carbocycles. The number of rotatable bonds is 7. The van der Waals surface area contributed by atoms with Crippen molar-refractivity contribution in [2.75, 3.05) is 13.1 Å². The molecule has 150 valence electrons. The Morgan fingerprint density at radius 1 is 1.25 bits per heavy atom. The number of carbonyl (C=O) groups excluding carboxylic acids is 3. The number of nitrogens with two attached hydrogens (primary N) is 1. The molecule has 1 atom stereocenters. The first-order chi connectivity index (χ1) is 13.5. The van der Waals surface area contributed by atoms with Crippen molar-refractivity contribution >= 4 is 17.7 Å². The molecule has 0 radical (unpaired) electrons. The average molecular weight is 384 g/mol. The van der Waals surface area contributed by atoms with Crippen LogP contribution in [0.1, 0.15) is 60.0 Å². The Balaban J connectivity index is 1.40. The molecule has 1 saturated heterocycles. The van der Waals surface area contributed by atoms with Gasteiger partial charge in [0, 0.05) is 25.1 Å². The molecular weight excluding hydrogens is 356 g/mol. The van der Waals surface area contributed by atoms with Gasteiger partial charge in [-0.2, -0.15) is 0 Å². The van der Waals surface area contributed by atoms with E-state index in [-0.39, 0.29) is 24.1 Å². The number of nitrogens with one attached hydrogen (secondary N) is 2. The van der Waals surface area contributed by atoms with Crippen molar-refractivity contribution in [3.05, 3.63) is 34.9 Å². The number of fused-ring (bicyclic) bond motifs is 1. The molecule has 2 aliphatic heterocycles. The van der Waals surface area contributed by atoms with Crippen LogP contribution in [0.25, 0.3) is 0 Å². The van der Waals surface area contributed by atoms with E-state index in [2.05, 4.69) is 10.6 Å². The Morgan fingerprint density at radius 2 is 2.07 bits per heavy atom. The van der Waals surface area contributed by atoms with Crippen molar-refractivity contribution in [1.82, 2.24) is 15.5 Å². The lowest BCUT2D eigenvalue weighted by molar-refractivity contribution is -0.136. The molecule has 3 amide bonds. The first-order valence-corrected chi connectivity index (χ1v) is 10.2. The molecule has 28 heavy (non-hydrogen) atoms. The monoisotopic (exact) mass is 384 g/mol. The smallest absolute Gasteiger partial charge is 0.255 e. The highest BCUT2D eigenvalue weighted by molar-refractivity contribution is 6.05. The standard InChI is InChI=1S/C21H28N4O3/c22-13-21(7-2-8-21)9-10-23-11-14-3-1-4-15-16(14)12-25(20(15)28)17-5-6-18(26)24-19(17)27/h1,3-4,17,23H,2,5-13,22H2,(H,24,26,27). The van der Waals surface area contributed by atoms with E-state index >= 15 is 0 Å². The largest absolute Gasteiger partial charge is 0.330 e. The second-order valence-corrected chi connectivity index (χ2v) is 8.33. The third-order valence-electron chi connectivity index (χ3n) is 6.67. The van der Waals surface area contributed by atoms with Crippen molar-refractivity contribution in [3.63, 3.8) is 0 Å². The summed E-state index contributed by atoms with van der Waals surface area (Å²) in [4.78, 5) is 38.0. The van der Waals surface area contributed by atoms with Crippen LogP contribution in [0.5, 0.6) is 0 Å². The van der Waals surface area contributed by atoms with Gasteiger partial charge in [-0.1, -0.05) is 18.6 Å². The highest BCUT2D eigenvalue weighted by atomic mass is 16.2. The summed E-state index contributed by atoms with van der Waals surface area (Å²) in [5, 5.41) is 5.85. The lowest BCUT2D eigenvalue weighted by Crippen LogP contribution is -2.52. The molecule has 0 bridgehead atoms. The molecule has 1 saturated carbocycles. The van der Waals surface area contributed by atoms with Gasteiger partial charge >= 0.3 is 0 Å². The van der Waals surface area contributed by atoms with Crippen LogP contribution >= 0.6 is 0 Å². The van der Waals surface area contributed by atoms with E-state index < -0.39 is 6.04 Å². The highest BCUT2D eigenvalue weighted by Crippen LogP contribution is 2.42. The molecule has 0 aromatic heterocycles. The summed E-state index contributed by atoms with van der Waals surface area (Å²) >= 11 is 0. The second-order valence-electron chi connectivity index (χ2n) is 8.33. The highest BCUT2D eigenvalue weighted by Gasteiger charge is 2.39. The van der Waals surface area contributed by atoms with Gasteiger partial charge in [0.1, 0.15) is 6.04 Å². The summed E-state index contributed by atoms with van der Waals surface area (Å²) in [5.41, 5.74) is 9.01. The second kappa shape index (κ2) is 7.64. The fraction of sp³-hybridized carbons (Fsp3) is 0.571. The number of nitrogens with zero attached hydrogens (tertiary/aromatic N) is 1. The third-order valence-corrected chi connectivity index (χ3v) is 6.67. The van der Waals surface area contributed by atoms with Crippen molar-refractivity contribution in [2.45, 2.75) is 57.7 Å². The molecule has 1 aromatic rings. The van der Waals surface area contributed by atoms with E-state index in [9.17, 15) is 14.4 Å². The lowest BCUT2D eigenvalue weighted by Gasteiger charge is -2.41. The molecule has 2 heterocycles. The van der Waals surface area contributed by atoms with Crippen LogP contribution in [0.2, 0.25) is 0 Å². The molecule has 1 aliphatic carbocycles. The van der Waals surface area contributed by atoms with E-state index in [1.54, 1.807) is 4.90 Å². The third kappa shape index (κ3) is 3.44. The van der Waals surface area contributed by atoms with Gasteiger partial charge in [0.15, 0.2) is 0 Å². The Hall–Kier alpha value is -2.25. The normalized spacial score (nSPS) is 23.4. The van der Waals surface area contributed by atoms with Crippen molar-refractivity contribution in [3.8, 4) is 0 Å². The van der Waals surface area contributed by atoms with E-state index in [1.165, 1.54) is 19.3 Å². The van der Waals surface area contributed by atoms with Gasteiger partial charge in [-0.3, -0.25) is 19.7 Å². The number of hydrogen-bond acceptors (Lipinski definition) is 5. The molecule has 2 fully saturated rings. The fourth-order valence-corrected chi connectivity index (χ4v) is 4.63. The molecule has 4 N–H and O–H groups in total. The molecule has 3 aliphatic rings. The topological polar surface area (TPSA) is 105 Å². The minimum Gasteiger partial charge on any atom is -0.330 e. The van der Waals surface area contributed by atoms with Crippen LogP contribution in [0.4, 0.5) is 0 Å². The van der Waals surface area contributed by atoms with Gasteiger partial charge in [0.2, 0.25) is 11.8 Å². The van der Waals surface area contributed by atoms with Crippen LogP contribution in [0, 0.1) is 5.41 Å². The van der Waals surface area contributed by atoms with E-state index in [4.69, 9.17) is 5.73 Å². The summed E-state index contributed by atoms with van der Waals surface area (Å²) in [6.07, 6.45) is 5.47. The zero-order valence-corrected chi connectivity index (χ0v) is 16.1. The molecule has 0 spiro atoms. The van der Waals surface area contributed by atoms with E-state index in [0.717, 1.165) is 30.6 Å². The Kier molecular flexibility index (Phi) is 5.21. The van der Waals surface area contributed by atoms with Gasteiger partial charge in [-0.25, -0.2) is 0 Å². The van der Waals surface area contributed by atoms with Gasteiger partial charge in [0.05, 0.1) is 0 Å². The van der Waals surface area contributed by atoms with Crippen LogP contribution in [0.3, 0.4) is 0 Å². The van der Waals surface area contributed by atoms with Gasteiger partial charge < -0.3 is 16.0 Å². The zero-order valence-electron chi connectivity index (χ0n) is 16.1. The SMILES string of the molecule is NCC1(CCNCc2cccc3c2CN(C2CCC(=O)NC2=O)C3=O)CCC1. The fourth-order valence-electron chi connectivity index (χ4n) is 4.63. The summed E-state index contributed by atoms with van der Waals surface area (Å²) in [6, 6.07) is 5.19. The predicted octanol–water partition coefficient (Wildman–Crippen LogP) is 1.06. The summed E-state index contributed by atoms with van der Waals surface area (Å²) in [7, 11) is 0. The number of amides is 3. The van der Waals surface area contributed by atoms with Crippen molar-refractivity contribution in [2.24, 2.45) is 11.1 Å². The first kappa shape index (κ1) is 19.1. The van der Waals surface area contributed by atoms with Crippen LogP contribution < -0.4 is 16.4 Å². The van der Waals surface area contributed by atoms with Gasteiger partial charge in [-0.15, -0.1) is 0 Å². The molecule has 7 nitrogen and oxygen atoms in total. The van der Waals surface area contributed by atoms with Crippen LogP contribution in [-0.4, -0.2) is 41.8 Å². The molecular formula is C21H28N4O3. The lowest BCUT2D eigenvalue weighted by atomic mass is 9.67. The maximum Gasteiger partial charge on any atom is 0.255 e. The Morgan fingerprint density at radius 3 is 2.75 bits per heavy atom. The Labute approximate surface area is 165 Å². The van der Waals surface area contributed by atoms with Crippen molar-refractivity contribution in [1.29, 1.82) is 0 Å². The Bertz CT molecular complexity index is 797. The quantitative estimate of drug-likeness (QED) is 0.482. The summed E-state index contributed by atoms with van der Waals surface area (Å²) in [5.74, 6) is -0.760. The first-order valence-electron chi connectivity index (χ1n) is 10.2. The minimum atomic E-state index is -0.568. The summed E-state index contributed by atoms with van der Waals surface area (Å²) < 4.78 is 0. The van der Waals surface area contributed by atoms with Crippen LogP contribution in [0.15, 0.2) is 18.2 Å². The molecule has 4 rings (SSSR count). The molecule has 1 unspecified atom stereocenters. The minimum absolute atomic E-state index is 0.122. The maximum absolute atomic E-state index is 12.8. The van der Waals surface area contributed by atoms with E-state index in [0.29, 0.717) is 30.5 Å². The maximum atomic E-state index is 12.8. The zero-order chi connectivity index (χ0) is 19.7. The predicted molar refractivity (Wildman–Crippen MR) is 104 cm³/mol. The summed E-state index contributed by atoms with van der Waals surface area (Å²) in [6.45, 7) is 2.78. The average Bonchev–Trinajstić information content (AvgIpc) is 2.98. The number of piperidine rings is 1. The van der Waals surface area contributed by atoms with Gasteiger partial charge in [0.25, 0.3) is 5.91 Å².